The molecule has 0 aromatic carbocycles. The first-order chi connectivity index (χ1) is 5.08. The summed E-state index contributed by atoms with van der Waals surface area (Å²) in [7, 11) is -2.39. The molecule has 1 heterocycles. The van der Waals surface area contributed by atoms with E-state index in [1.165, 1.54) is 6.20 Å². The molecule has 2 nitrogen and oxygen atoms in total. The number of aromatic nitrogens is 1. The van der Waals surface area contributed by atoms with Gasteiger partial charge in [0.25, 0.3) is 0 Å². The van der Waals surface area contributed by atoms with Crippen LogP contribution < -0.4 is 4.74 Å². The zero-order chi connectivity index (χ0) is 8.32. The quantitative estimate of drug-likeness (QED) is 0.542. The van der Waals surface area contributed by atoms with Crippen LogP contribution in [0.1, 0.15) is 4.11 Å². The van der Waals surface area contributed by atoms with E-state index in [-0.39, 0.29) is 5.75 Å². The molecule has 0 radical (unpaired) electrons. The summed E-state index contributed by atoms with van der Waals surface area (Å²) in [5.74, 6) is 0.257. The maximum absolute atomic E-state index is 6.75. The monoisotopic (exact) mass is 112 g/mol. The second-order valence-electron chi connectivity index (χ2n) is 1.29. The largest absolute Gasteiger partial charge is 0.495 e. The minimum absolute atomic E-state index is 0.257. The van der Waals surface area contributed by atoms with Crippen LogP contribution in [-0.2, 0) is 0 Å². The summed E-state index contributed by atoms with van der Waals surface area (Å²) in [5.41, 5.74) is 0. The molecule has 1 rings (SSSR count). The van der Waals surface area contributed by atoms with Gasteiger partial charge in [0.2, 0.25) is 0 Å². The Morgan fingerprint density at radius 2 is 2.88 bits per heavy atom. The topological polar surface area (TPSA) is 22.1 Å². The summed E-state index contributed by atoms with van der Waals surface area (Å²) in [4.78, 5) is 3.69. The lowest BCUT2D eigenvalue weighted by Gasteiger charge is -1.93. The molecular weight excluding hydrogens is 102 g/mol. The predicted molar refractivity (Wildman–Crippen MR) is 30.8 cm³/mol. The van der Waals surface area contributed by atoms with Gasteiger partial charge >= 0.3 is 0 Å². The second-order valence-corrected chi connectivity index (χ2v) is 1.29. The van der Waals surface area contributed by atoms with Gasteiger partial charge < -0.3 is 4.74 Å². The SMILES string of the molecule is [2H]C([2H])([2H])Oc1cccnc1. The summed E-state index contributed by atoms with van der Waals surface area (Å²) >= 11 is 0. The molecule has 0 N–H and O–H groups in total. The van der Waals surface area contributed by atoms with Crippen LogP contribution in [0.4, 0.5) is 0 Å². The third-order valence-corrected chi connectivity index (χ3v) is 0.752. The molecule has 0 spiro atoms. The Balaban J connectivity index is 2.66. The predicted octanol–water partition coefficient (Wildman–Crippen LogP) is 1.09. The molecule has 0 saturated heterocycles. The molecule has 0 atom stereocenters. The van der Waals surface area contributed by atoms with E-state index in [0.29, 0.717) is 0 Å². The Labute approximate surface area is 52.3 Å². The molecule has 0 bridgehead atoms. The molecule has 2 heteroatoms. The smallest absolute Gasteiger partial charge is 0.137 e. The Morgan fingerprint density at radius 3 is 3.50 bits per heavy atom. The van der Waals surface area contributed by atoms with Crippen LogP contribution in [0.2, 0.25) is 0 Å². The van der Waals surface area contributed by atoms with Gasteiger partial charge in [-0.2, -0.15) is 0 Å². The fourth-order valence-electron chi connectivity index (χ4n) is 0.407. The number of hydrogen-bond acceptors (Lipinski definition) is 2. The third-order valence-electron chi connectivity index (χ3n) is 0.752. The van der Waals surface area contributed by atoms with E-state index >= 15 is 0 Å². The minimum Gasteiger partial charge on any atom is -0.495 e. The fourth-order valence-corrected chi connectivity index (χ4v) is 0.407. The minimum atomic E-state index is -2.39. The summed E-state index contributed by atoms with van der Waals surface area (Å²) < 4.78 is 24.8. The van der Waals surface area contributed by atoms with Crippen LogP contribution in [0, 0.1) is 0 Å². The summed E-state index contributed by atoms with van der Waals surface area (Å²) in [6.45, 7) is 0. The van der Waals surface area contributed by atoms with Crippen LogP contribution >= 0.6 is 0 Å². The number of rotatable bonds is 1. The van der Waals surface area contributed by atoms with Gasteiger partial charge in [0, 0.05) is 6.20 Å². The van der Waals surface area contributed by atoms with Crippen molar-refractivity contribution >= 4 is 0 Å². The second kappa shape index (κ2) is 2.31. The molecule has 0 amide bonds. The van der Waals surface area contributed by atoms with Crippen LogP contribution in [0.15, 0.2) is 24.5 Å². The van der Waals surface area contributed by atoms with Crippen molar-refractivity contribution in [2.75, 3.05) is 7.04 Å². The summed E-state index contributed by atoms with van der Waals surface area (Å²) in [6, 6.07) is 3.15. The normalized spacial score (nSPS) is 15.8. The molecule has 0 saturated carbocycles. The van der Waals surface area contributed by atoms with E-state index in [1.807, 2.05) is 0 Å². The molecule has 8 heavy (non-hydrogen) atoms. The van der Waals surface area contributed by atoms with E-state index in [2.05, 4.69) is 9.72 Å². The van der Waals surface area contributed by atoms with Crippen molar-refractivity contribution in [1.29, 1.82) is 0 Å². The molecule has 0 fully saturated rings. The van der Waals surface area contributed by atoms with Gasteiger partial charge in [-0.15, -0.1) is 0 Å². The molecule has 0 aliphatic carbocycles. The number of ether oxygens (including phenoxy) is 1. The van der Waals surface area contributed by atoms with Crippen molar-refractivity contribution < 1.29 is 8.85 Å². The maximum atomic E-state index is 6.75. The average Bonchev–Trinajstić information content (AvgIpc) is 1.85. The highest BCUT2D eigenvalue weighted by molar-refractivity contribution is 5.14. The van der Waals surface area contributed by atoms with Crippen molar-refractivity contribution in [3.8, 4) is 5.75 Å². The summed E-state index contributed by atoms with van der Waals surface area (Å²) in [5, 5.41) is 0. The van der Waals surface area contributed by atoms with Gasteiger partial charge in [-0.25, -0.2) is 0 Å². The number of nitrogens with zero attached hydrogens (tertiary/aromatic N) is 1. The molecule has 1 aromatic heterocycles. The lowest BCUT2D eigenvalue weighted by atomic mass is 10.5. The van der Waals surface area contributed by atoms with E-state index in [4.69, 9.17) is 4.11 Å². The number of hydrogen-bond donors (Lipinski definition) is 0. The molecule has 0 aliphatic heterocycles. The molecule has 42 valence electrons. The average molecular weight is 112 g/mol. The molecule has 1 aromatic rings. The van der Waals surface area contributed by atoms with E-state index < -0.39 is 7.04 Å². The van der Waals surface area contributed by atoms with Crippen LogP contribution in [0.3, 0.4) is 0 Å². The van der Waals surface area contributed by atoms with Crippen molar-refractivity contribution in [3.05, 3.63) is 24.5 Å². The van der Waals surface area contributed by atoms with Gasteiger partial charge in [-0.3, -0.25) is 4.98 Å². The van der Waals surface area contributed by atoms with E-state index in [1.54, 1.807) is 18.3 Å². The van der Waals surface area contributed by atoms with Gasteiger partial charge in [0.05, 0.1) is 17.3 Å². The van der Waals surface area contributed by atoms with Crippen molar-refractivity contribution in [2.45, 2.75) is 0 Å². The Bertz CT molecular complexity index is 221. The maximum Gasteiger partial charge on any atom is 0.137 e. The first-order valence-electron chi connectivity index (χ1n) is 3.67. The van der Waals surface area contributed by atoms with Gasteiger partial charge in [0.15, 0.2) is 0 Å². The van der Waals surface area contributed by atoms with Crippen molar-refractivity contribution in [3.63, 3.8) is 0 Å². The Kier molecular flexibility index (Phi) is 0.717. The van der Waals surface area contributed by atoms with Gasteiger partial charge in [0.1, 0.15) is 5.75 Å². The number of pyridine rings is 1. The highest BCUT2D eigenvalue weighted by atomic mass is 16.5. The highest BCUT2D eigenvalue weighted by Gasteiger charge is 1.81. The van der Waals surface area contributed by atoms with Crippen LogP contribution in [-0.4, -0.2) is 12.0 Å². The van der Waals surface area contributed by atoms with Crippen LogP contribution in [0.25, 0.3) is 0 Å². The molecular formula is C6H7NO. The first kappa shape index (κ1) is 2.49. The lowest BCUT2D eigenvalue weighted by Crippen LogP contribution is -1.80. The van der Waals surface area contributed by atoms with Crippen LogP contribution in [0.5, 0.6) is 5.75 Å². The van der Waals surface area contributed by atoms with Gasteiger partial charge in [-0.1, -0.05) is 0 Å². The van der Waals surface area contributed by atoms with Gasteiger partial charge in [-0.05, 0) is 12.1 Å². The van der Waals surface area contributed by atoms with Crippen molar-refractivity contribution in [2.24, 2.45) is 0 Å². The van der Waals surface area contributed by atoms with Crippen molar-refractivity contribution in [1.82, 2.24) is 4.98 Å². The Morgan fingerprint density at radius 1 is 1.88 bits per heavy atom. The standard InChI is InChI=1S/C6H7NO/c1-8-6-3-2-4-7-5-6/h2-5H,1H3/i1D3. The molecule has 0 unspecified atom stereocenters. The highest BCUT2D eigenvalue weighted by Crippen LogP contribution is 2.02. The third kappa shape index (κ3) is 0.964. The Hall–Kier alpha value is -1.05. The number of methoxy groups -OCH3 is 1. The molecule has 0 aliphatic rings. The first-order valence-corrected chi connectivity index (χ1v) is 2.17. The fraction of sp³-hybridized carbons (Fsp3) is 0.167. The lowest BCUT2D eigenvalue weighted by molar-refractivity contribution is 0.413. The van der Waals surface area contributed by atoms with E-state index in [0.717, 1.165) is 0 Å². The summed E-state index contributed by atoms with van der Waals surface area (Å²) in [6.07, 6.45) is 2.90. The zero-order valence-electron chi connectivity index (χ0n) is 7.16. The van der Waals surface area contributed by atoms with E-state index in [9.17, 15) is 0 Å². The zero-order valence-corrected chi connectivity index (χ0v) is 4.16.